The van der Waals surface area contributed by atoms with Gasteiger partial charge in [0, 0.05) is 24.6 Å². The topological polar surface area (TPSA) is 67.4 Å². The fourth-order valence-corrected chi connectivity index (χ4v) is 3.15. The van der Waals surface area contributed by atoms with E-state index in [0.29, 0.717) is 24.6 Å². The molecule has 5 nitrogen and oxygen atoms in total. The molecular weight excluding hydrogens is 312 g/mol. The highest BCUT2D eigenvalue weighted by Gasteiger charge is 2.29. The van der Waals surface area contributed by atoms with Gasteiger partial charge < -0.3 is 15.4 Å². The van der Waals surface area contributed by atoms with Gasteiger partial charge in [-0.15, -0.1) is 11.8 Å². The van der Waals surface area contributed by atoms with Crippen LogP contribution in [0.2, 0.25) is 0 Å². The van der Waals surface area contributed by atoms with E-state index in [1.54, 1.807) is 13.2 Å². The van der Waals surface area contributed by atoms with Crippen LogP contribution < -0.4 is 10.6 Å². The summed E-state index contributed by atoms with van der Waals surface area (Å²) >= 11 is 1.38. The molecule has 2 N–H and O–H groups in total. The number of carbonyl (C=O) groups excluding carboxylic acids is 2. The number of benzene rings is 1. The summed E-state index contributed by atoms with van der Waals surface area (Å²) in [5, 5.41) is 5.83. The molecule has 1 atom stereocenters. The summed E-state index contributed by atoms with van der Waals surface area (Å²) in [4.78, 5) is 25.0. The van der Waals surface area contributed by atoms with Crippen LogP contribution in [0, 0.1) is 5.92 Å². The van der Waals surface area contributed by atoms with Crippen molar-refractivity contribution in [1.82, 2.24) is 10.6 Å². The first-order valence-electron chi connectivity index (χ1n) is 7.90. The van der Waals surface area contributed by atoms with E-state index in [4.69, 9.17) is 4.74 Å². The maximum Gasteiger partial charge on any atom is 0.252 e. The number of nitrogens with one attached hydrogen (secondary N) is 2. The maximum absolute atomic E-state index is 12.4. The van der Waals surface area contributed by atoms with Crippen molar-refractivity contribution in [2.45, 2.75) is 30.7 Å². The smallest absolute Gasteiger partial charge is 0.252 e. The van der Waals surface area contributed by atoms with E-state index in [-0.39, 0.29) is 23.6 Å². The molecule has 2 rings (SSSR count). The molecule has 0 aliphatic heterocycles. The molecule has 0 radical (unpaired) electrons. The van der Waals surface area contributed by atoms with Crippen molar-refractivity contribution in [2.24, 2.45) is 5.92 Å². The lowest BCUT2D eigenvalue weighted by atomic mass is 10.1. The quantitative estimate of drug-likeness (QED) is 0.535. The highest BCUT2D eigenvalue weighted by atomic mass is 32.2. The predicted octanol–water partition coefficient (Wildman–Crippen LogP) is 2.07. The van der Waals surface area contributed by atoms with Crippen LogP contribution in [0.25, 0.3) is 0 Å². The fraction of sp³-hybridized carbons (Fsp3) is 0.529. The number of ether oxygens (including phenoxy) is 1. The highest BCUT2D eigenvalue weighted by Crippen LogP contribution is 2.32. The van der Waals surface area contributed by atoms with Gasteiger partial charge in [-0.25, -0.2) is 0 Å². The molecule has 0 saturated heterocycles. The van der Waals surface area contributed by atoms with Crippen LogP contribution in [0.5, 0.6) is 0 Å². The fourth-order valence-electron chi connectivity index (χ4n) is 2.27. The lowest BCUT2D eigenvalue weighted by Gasteiger charge is -2.14. The zero-order chi connectivity index (χ0) is 16.7. The second-order valence-corrected chi connectivity index (χ2v) is 6.74. The Morgan fingerprint density at radius 3 is 2.78 bits per heavy atom. The first kappa shape index (κ1) is 17.8. The molecule has 1 unspecified atom stereocenters. The van der Waals surface area contributed by atoms with Gasteiger partial charge in [-0.2, -0.15) is 0 Å². The highest BCUT2D eigenvalue weighted by molar-refractivity contribution is 8.00. The molecule has 23 heavy (non-hydrogen) atoms. The number of thioether (sulfide) groups is 1. The first-order valence-corrected chi connectivity index (χ1v) is 8.88. The normalized spacial score (nSPS) is 15.0. The largest absolute Gasteiger partial charge is 0.383 e. The summed E-state index contributed by atoms with van der Waals surface area (Å²) in [6.45, 7) is 3.04. The van der Waals surface area contributed by atoms with E-state index in [1.165, 1.54) is 24.6 Å². The minimum Gasteiger partial charge on any atom is -0.383 e. The van der Waals surface area contributed by atoms with Crippen molar-refractivity contribution >= 4 is 23.6 Å². The number of hydrogen-bond acceptors (Lipinski definition) is 4. The van der Waals surface area contributed by atoms with E-state index < -0.39 is 0 Å². The standard InChI is InChI=1S/C17H24N2O3S/c1-12(13-7-8-13)19-17(21)14-5-3-4-6-15(14)23-11-16(20)18-9-10-22-2/h3-6,12-13H,7-11H2,1-2H3,(H,18,20)(H,19,21). The summed E-state index contributed by atoms with van der Waals surface area (Å²) in [6, 6.07) is 7.62. The van der Waals surface area contributed by atoms with Gasteiger partial charge in [-0.1, -0.05) is 12.1 Å². The Morgan fingerprint density at radius 2 is 2.09 bits per heavy atom. The molecule has 126 valence electrons. The molecule has 1 aromatic rings. The average molecular weight is 336 g/mol. The van der Waals surface area contributed by atoms with Crippen molar-refractivity contribution in [3.8, 4) is 0 Å². The van der Waals surface area contributed by atoms with Crippen LogP contribution in [-0.4, -0.2) is 43.9 Å². The number of rotatable bonds is 9. The van der Waals surface area contributed by atoms with E-state index in [1.807, 2.05) is 18.2 Å². The predicted molar refractivity (Wildman–Crippen MR) is 91.7 cm³/mol. The van der Waals surface area contributed by atoms with Crippen LogP contribution in [0.3, 0.4) is 0 Å². The third-order valence-corrected chi connectivity index (χ3v) is 4.88. The molecule has 1 fully saturated rings. The van der Waals surface area contributed by atoms with Crippen LogP contribution in [-0.2, 0) is 9.53 Å². The molecule has 0 bridgehead atoms. The van der Waals surface area contributed by atoms with E-state index >= 15 is 0 Å². The molecule has 1 aliphatic rings. The maximum atomic E-state index is 12.4. The molecule has 6 heteroatoms. The van der Waals surface area contributed by atoms with Gasteiger partial charge in [-0.05, 0) is 37.8 Å². The van der Waals surface area contributed by atoms with Crippen molar-refractivity contribution in [3.63, 3.8) is 0 Å². The second-order valence-electron chi connectivity index (χ2n) is 5.73. The third-order valence-electron chi connectivity index (χ3n) is 3.81. The van der Waals surface area contributed by atoms with Gasteiger partial charge in [0.05, 0.1) is 17.9 Å². The van der Waals surface area contributed by atoms with E-state index in [9.17, 15) is 9.59 Å². The third kappa shape index (κ3) is 5.88. The monoisotopic (exact) mass is 336 g/mol. The van der Waals surface area contributed by atoms with Crippen molar-refractivity contribution < 1.29 is 14.3 Å². The van der Waals surface area contributed by atoms with Crippen LogP contribution in [0.15, 0.2) is 29.2 Å². The van der Waals surface area contributed by atoms with Crippen molar-refractivity contribution in [3.05, 3.63) is 29.8 Å². The second kappa shape index (κ2) is 8.93. The Hall–Kier alpha value is -1.53. The Bertz CT molecular complexity index is 546. The number of amides is 2. The molecule has 0 heterocycles. The summed E-state index contributed by atoms with van der Waals surface area (Å²) in [7, 11) is 1.60. The van der Waals surface area contributed by atoms with Gasteiger partial charge in [-0.3, -0.25) is 9.59 Å². The lowest BCUT2D eigenvalue weighted by Crippen LogP contribution is -2.34. The Labute approximate surface area is 141 Å². The van der Waals surface area contributed by atoms with Crippen molar-refractivity contribution in [1.29, 1.82) is 0 Å². The molecule has 2 amide bonds. The Balaban J connectivity index is 1.88. The summed E-state index contributed by atoms with van der Waals surface area (Å²) in [5.41, 5.74) is 0.634. The number of carbonyl (C=O) groups is 2. The van der Waals surface area contributed by atoms with E-state index in [0.717, 1.165) is 4.90 Å². The van der Waals surface area contributed by atoms with Crippen LogP contribution in [0.4, 0.5) is 0 Å². The SMILES string of the molecule is COCCNC(=O)CSc1ccccc1C(=O)NC(C)C1CC1. The first-order chi connectivity index (χ1) is 11.1. The Kier molecular flexibility index (Phi) is 6.92. The zero-order valence-corrected chi connectivity index (χ0v) is 14.4. The van der Waals surface area contributed by atoms with Gasteiger partial charge in [0.2, 0.25) is 5.91 Å². The van der Waals surface area contributed by atoms with Crippen LogP contribution >= 0.6 is 11.8 Å². The van der Waals surface area contributed by atoms with Gasteiger partial charge >= 0.3 is 0 Å². The number of hydrogen-bond donors (Lipinski definition) is 2. The molecular formula is C17H24N2O3S. The summed E-state index contributed by atoms with van der Waals surface area (Å²) in [5.74, 6) is 0.776. The van der Waals surface area contributed by atoms with Gasteiger partial charge in [0.15, 0.2) is 0 Å². The minimum atomic E-state index is -0.0627. The van der Waals surface area contributed by atoms with Crippen LogP contribution in [0.1, 0.15) is 30.1 Å². The van der Waals surface area contributed by atoms with Crippen molar-refractivity contribution in [2.75, 3.05) is 26.0 Å². The summed E-state index contributed by atoms with van der Waals surface area (Å²) < 4.78 is 4.89. The minimum absolute atomic E-state index is 0.0615. The van der Waals surface area contributed by atoms with Gasteiger partial charge in [0.25, 0.3) is 5.91 Å². The number of methoxy groups -OCH3 is 1. The lowest BCUT2D eigenvalue weighted by molar-refractivity contribution is -0.118. The molecule has 1 aliphatic carbocycles. The molecule has 0 aromatic heterocycles. The Morgan fingerprint density at radius 1 is 1.35 bits per heavy atom. The summed E-state index contributed by atoms with van der Waals surface area (Å²) in [6.07, 6.45) is 2.39. The molecule has 0 spiro atoms. The molecule has 1 saturated carbocycles. The average Bonchev–Trinajstić information content (AvgIpc) is 3.38. The zero-order valence-electron chi connectivity index (χ0n) is 13.6. The van der Waals surface area contributed by atoms with E-state index in [2.05, 4.69) is 17.6 Å². The molecule has 1 aromatic carbocycles. The van der Waals surface area contributed by atoms with Gasteiger partial charge in [0.1, 0.15) is 0 Å².